The molecular weight excluding hydrogens is 292 g/mol. The number of nitrogens with zero attached hydrogens (tertiary/aromatic N) is 2. The predicted molar refractivity (Wildman–Crippen MR) is 75.1 cm³/mol. The van der Waals surface area contributed by atoms with Crippen LogP contribution in [0.2, 0.25) is 0 Å². The third-order valence-corrected chi connectivity index (χ3v) is 3.40. The maximum absolute atomic E-state index is 12.1. The Morgan fingerprint density at radius 2 is 2.09 bits per heavy atom. The quantitative estimate of drug-likeness (QED) is 0.478. The average molecular weight is 308 g/mol. The van der Waals surface area contributed by atoms with Crippen molar-refractivity contribution in [2.45, 2.75) is 13.0 Å². The lowest BCUT2D eigenvalue weighted by Crippen LogP contribution is -2.45. The van der Waals surface area contributed by atoms with E-state index >= 15 is 0 Å². The van der Waals surface area contributed by atoms with Crippen LogP contribution in [0, 0.1) is 16.0 Å². The van der Waals surface area contributed by atoms with E-state index in [-0.39, 0.29) is 18.8 Å². The number of cyclic esters (lactones) is 1. The van der Waals surface area contributed by atoms with Gasteiger partial charge < -0.3 is 14.4 Å². The van der Waals surface area contributed by atoms with Gasteiger partial charge in [0.15, 0.2) is 0 Å². The molecule has 1 aliphatic heterocycles. The first-order chi connectivity index (χ1) is 10.4. The first-order valence-corrected chi connectivity index (χ1v) is 6.76. The molecule has 1 saturated heterocycles. The van der Waals surface area contributed by atoms with Crippen molar-refractivity contribution in [1.29, 1.82) is 0 Å². The smallest absolute Gasteiger partial charge is 0.410 e. The Bertz CT molecular complexity index is 586. The Kier molecular flexibility index (Phi) is 4.59. The second kappa shape index (κ2) is 6.42. The van der Waals surface area contributed by atoms with Crippen molar-refractivity contribution < 1.29 is 24.0 Å². The zero-order valence-corrected chi connectivity index (χ0v) is 12.2. The Morgan fingerprint density at radius 3 is 2.64 bits per heavy atom. The fraction of sp³-hybridized carbons (Fsp3) is 0.429. The van der Waals surface area contributed by atoms with Crippen LogP contribution in [0.3, 0.4) is 0 Å². The lowest BCUT2D eigenvalue weighted by Gasteiger charge is -2.35. The van der Waals surface area contributed by atoms with E-state index in [1.54, 1.807) is 6.92 Å². The van der Waals surface area contributed by atoms with Crippen molar-refractivity contribution in [3.8, 4) is 0 Å². The molecule has 1 fully saturated rings. The SMILES string of the molecule is CCOC(=O)[C@H]1CN(C)C(=O)O[C@@H]1c1ccc([N+](=O)[O-])cc1. The molecule has 0 aliphatic carbocycles. The minimum absolute atomic E-state index is 0.0734. The Morgan fingerprint density at radius 1 is 1.45 bits per heavy atom. The number of nitro groups is 1. The molecule has 1 heterocycles. The van der Waals surface area contributed by atoms with Gasteiger partial charge in [-0.15, -0.1) is 0 Å². The number of hydrogen-bond donors (Lipinski definition) is 0. The molecule has 0 unspecified atom stereocenters. The van der Waals surface area contributed by atoms with Crippen LogP contribution in [0.5, 0.6) is 0 Å². The van der Waals surface area contributed by atoms with Crippen LogP contribution in [0.1, 0.15) is 18.6 Å². The van der Waals surface area contributed by atoms with Gasteiger partial charge in [-0.1, -0.05) is 0 Å². The highest BCUT2D eigenvalue weighted by Crippen LogP contribution is 2.33. The van der Waals surface area contributed by atoms with Crippen LogP contribution in [0.4, 0.5) is 10.5 Å². The summed E-state index contributed by atoms with van der Waals surface area (Å²) in [5.74, 6) is -1.14. The van der Waals surface area contributed by atoms with Gasteiger partial charge in [0.25, 0.3) is 5.69 Å². The summed E-state index contributed by atoms with van der Waals surface area (Å²) in [6.07, 6.45) is -1.37. The van der Waals surface area contributed by atoms with Crippen molar-refractivity contribution in [3.63, 3.8) is 0 Å². The number of carbonyl (C=O) groups is 2. The molecule has 1 amide bonds. The molecule has 0 spiro atoms. The maximum atomic E-state index is 12.1. The number of esters is 1. The maximum Gasteiger partial charge on any atom is 0.410 e. The van der Waals surface area contributed by atoms with Gasteiger partial charge in [0, 0.05) is 25.7 Å². The van der Waals surface area contributed by atoms with E-state index in [0.717, 1.165) is 0 Å². The van der Waals surface area contributed by atoms with Crippen LogP contribution in [-0.2, 0) is 14.3 Å². The third kappa shape index (κ3) is 3.16. The largest absolute Gasteiger partial charge is 0.466 e. The molecule has 0 radical (unpaired) electrons. The summed E-state index contributed by atoms with van der Waals surface area (Å²) in [6.45, 7) is 2.08. The second-order valence-corrected chi connectivity index (χ2v) is 4.89. The zero-order chi connectivity index (χ0) is 16.3. The van der Waals surface area contributed by atoms with Gasteiger partial charge in [-0.25, -0.2) is 4.79 Å². The molecule has 8 nitrogen and oxygen atoms in total. The molecule has 2 atom stereocenters. The number of amides is 1. The van der Waals surface area contributed by atoms with Crippen molar-refractivity contribution in [2.75, 3.05) is 20.2 Å². The molecule has 8 heteroatoms. The first kappa shape index (κ1) is 15.7. The van der Waals surface area contributed by atoms with E-state index in [4.69, 9.17) is 9.47 Å². The summed E-state index contributed by atoms with van der Waals surface area (Å²) >= 11 is 0. The Labute approximate surface area is 126 Å². The molecule has 1 aliphatic rings. The van der Waals surface area contributed by atoms with Crippen molar-refractivity contribution in [3.05, 3.63) is 39.9 Å². The number of ether oxygens (including phenoxy) is 2. The van der Waals surface area contributed by atoms with Crippen molar-refractivity contribution in [2.24, 2.45) is 5.92 Å². The Balaban J connectivity index is 2.28. The summed E-state index contributed by atoms with van der Waals surface area (Å²) in [4.78, 5) is 35.2. The number of nitro benzene ring substituents is 1. The highest BCUT2D eigenvalue weighted by molar-refractivity contribution is 5.77. The first-order valence-electron chi connectivity index (χ1n) is 6.76. The summed E-state index contributed by atoms with van der Waals surface area (Å²) in [5, 5.41) is 10.7. The van der Waals surface area contributed by atoms with Crippen molar-refractivity contribution >= 4 is 17.7 Å². The molecule has 118 valence electrons. The standard InChI is InChI=1S/C14H16N2O6/c1-3-21-13(17)11-8-15(2)14(18)22-12(11)9-4-6-10(7-5-9)16(19)20/h4-7,11-12H,3,8H2,1-2H3/t11-,12+/m0/s1. The molecular formula is C14H16N2O6. The van der Waals surface area contributed by atoms with E-state index in [0.29, 0.717) is 5.56 Å². The van der Waals surface area contributed by atoms with E-state index in [2.05, 4.69) is 0 Å². The molecule has 1 aromatic carbocycles. The highest BCUT2D eigenvalue weighted by Gasteiger charge is 2.40. The summed E-state index contributed by atoms with van der Waals surface area (Å²) in [7, 11) is 1.53. The van der Waals surface area contributed by atoms with Gasteiger partial charge in [0.2, 0.25) is 0 Å². The van der Waals surface area contributed by atoms with Gasteiger partial charge in [-0.2, -0.15) is 0 Å². The number of carbonyl (C=O) groups excluding carboxylic acids is 2. The number of non-ortho nitro benzene ring substituents is 1. The molecule has 2 rings (SSSR count). The van der Waals surface area contributed by atoms with E-state index in [9.17, 15) is 19.7 Å². The van der Waals surface area contributed by atoms with Gasteiger partial charge >= 0.3 is 12.1 Å². The average Bonchev–Trinajstić information content (AvgIpc) is 2.50. The summed E-state index contributed by atoms with van der Waals surface area (Å²) < 4.78 is 10.3. The Hall–Kier alpha value is -2.64. The van der Waals surface area contributed by atoms with Gasteiger partial charge in [-0.3, -0.25) is 14.9 Å². The number of rotatable bonds is 4. The normalized spacial score (nSPS) is 21.2. The fourth-order valence-electron chi connectivity index (χ4n) is 2.28. The van der Waals surface area contributed by atoms with Crippen LogP contribution >= 0.6 is 0 Å². The van der Waals surface area contributed by atoms with Crippen LogP contribution in [-0.4, -0.2) is 42.1 Å². The molecule has 1 aromatic rings. The molecule has 0 saturated carbocycles. The summed E-state index contributed by atoms with van der Waals surface area (Å²) in [5.41, 5.74) is 0.445. The summed E-state index contributed by atoms with van der Waals surface area (Å²) in [6, 6.07) is 5.58. The molecule has 0 N–H and O–H groups in total. The number of hydrogen-bond acceptors (Lipinski definition) is 6. The minimum Gasteiger partial charge on any atom is -0.466 e. The van der Waals surface area contributed by atoms with E-state index in [1.165, 1.54) is 36.2 Å². The van der Waals surface area contributed by atoms with E-state index in [1.807, 2.05) is 0 Å². The van der Waals surface area contributed by atoms with Gasteiger partial charge in [0.1, 0.15) is 12.0 Å². The van der Waals surface area contributed by atoms with E-state index < -0.39 is 29.0 Å². The molecule has 0 bridgehead atoms. The lowest BCUT2D eigenvalue weighted by molar-refractivity contribution is -0.384. The minimum atomic E-state index is -0.816. The number of benzene rings is 1. The van der Waals surface area contributed by atoms with Crippen LogP contribution < -0.4 is 0 Å². The van der Waals surface area contributed by atoms with Gasteiger partial charge in [-0.05, 0) is 24.6 Å². The monoisotopic (exact) mass is 308 g/mol. The molecule has 22 heavy (non-hydrogen) atoms. The van der Waals surface area contributed by atoms with Gasteiger partial charge in [0.05, 0.1) is 11.5 Å². The topological polar surface area (TPSA) is 99.0 Å². The van der Waals surface area contributed by atoms with Crippen LogP contribution in [0.15, 0.2) is 24.3 Å². The van der Waals surface area contributed by atoms with Crippen molar-refractivity contribution in [1.82, 2.24) is 4.90 Å². The third-order valence-electron chi connectivity index (χ3n) is 3.40. The second-order valence-electron chi connectivity index (χ2n) is 4.89. The lowest BCUT2D eigenvalue weighted by atomic mass is 9.93. The predicted octanol–water partition coefficient (Wildman–Crippen LogP) is 1.90. The zero-order valence-electron chi connectivity index (χ0n) is 12.2. The molecule has 0 aromatic heterocycles. The highest BCUT2D eigenvalue weighted by atomic mass is 16.6. The van der Waals surface area contributed by atoms with Crippen LogP contribution in [0.25, 0.3) is 0 Å². The fourth-order valence-corrected chi connectivity index (χ4v) is 2.28.